The maximum atomic E-state index is 12.1. The van der Waals surface area contributed by atoms with Gasteiger partial charge >= 0.3 is 5.51 Å². The Morgan fingerprint density at radius 2 is 1.95 bits per heavy atom. The molecule has 1 aliphatic heterocycles. The Morgan fingerprint density at radius 3 is 2.55 bits per heavy atom. The number of hydrogen-bond donors (Lipinski definition) is 1. The Balaban J connectivity index is 2.24. The summed E-state index contributed by atoms with van der Waals surface area (Å²) in [5, 5.41) is 0. The number of rotatable bonds is 3. The summed E-state index contributed by atoms with van der Waals surface area (Å²) in [7, 11) is -4.11. The Bertz CT molecular complexity index is 658. The highest BCUT2D eigenvalue weighted by Crippen LogP contribution is 2.34. The van der Waals surface area contributed by atoms with Crippen LogP contribution < -0.4 is 5.73 Å². The van der Waals surface area contributed by atoms with Crippen molar-refractivity contribution in [3.05, 3.63) is 23.8 Å². The van der Waals surface area contributed by atoms with Crippen LogP contribution >= 0.6 is 11.8 Å². The molecule has 0 atom stereocenters. The van der Waals surface area contributed by atoms with Crippen molar-refractivity contribution in [3.63, 3.8) is 0 Å². The summed E-state index contributed by atoms with van der Waals surface area (Å²) in [4.78, 5) is 11.6. The van der Waals surface area contributed by atoms with Crippen LogP contribution in [0.2, 0.25) is 0 Å². The topological polar surface area (TPSA) is 80.5 Å². The number of nitrogen functional groups attached to an aromatic ring is 1. The fourth-order valence-corrected chi connectivity index (χ4v) is 3.98. The van der Waals surface area contributed by atoms with Gasteiger partial charge < -0.3 is 5.73 Å². The summed E-state index contributed by atoms with van der Waals surface area (Å²) in [6.07, 6.45) is 0. The lowest BCUT2D eigenvalue weighted by atomic mass is 10.2. The van der Waals surface area contributed by atoms with Gasteiger partial charge in [-0.05, 0) is 30.0 Å². The van der Waals surface area contributed by atoms with E-state index in [4.69, 9.17) is 5.73 Å². The van der Waals surface area contributed by atoms with E-state index >= 15 is 0 Å². The van der Waals surface area contributed by atoms with E-state index in [-0.39, 0.29) is 27.9 Å². The minimum absolute atomic E-state index is 0.0730. The van der Waals surface area contributed by atoms with Crippen molar-refractivity contribution in [3.8, 4) is 0 Å². The average Bonchev–Trinajstić information content (AvgIpc) is 2.48. The molecule has 1 aliphatic rings. The third kappa shape index (κ3) is 2.70. The predicted molar refractivity (Wildman–Crippen MR) is 67.6 cm³/mol. The van der Waals surface area contributed by atoms with Crippen LogP contribution in [0.25, 0.3) is 0 Å². The number of alkyl halides is 3. The highest BCUT2D eigenvalue weighted by atomic mass is 32.2. The molecule has 1 aromatic rings. The first-order chi connectivity index (χ1) is 9.13. The van der Waals surface area contributed by atoms with E-state index in [0.717, 1.165) is 6.07 Å². The molecule has 10 heteroatoms. The minimum atomic E-state index is -4.47. The Hall–Kier alpha value is -1.42. The highest BCUT2D eigenvalue weighted by molar-refractivity contribution is 8.00. The third-order valence-corrected chi connectivity index (χ3v) is 5.13. The van der Waals surface area contributed by atoms with Crippen LogP contribution in [0.3, 0.4) is 0 Å². The molecule has 0 saturated carbocycles. The molecule has 110 valence electrons. The number of thioether (sulfide) groups is 1. The van der Waals surface area contributed by atoms with Gasteiger partial charge in [-0.15, -0.1) is 0 Å². The van der Waals surface area contributed by atoms with Crippen molar-refractivity contribution in [1.29, 1.82) is 0 Å². The van der Waals surface area contributed by atoms with Crippen molar-refractivity contribution < 1.29 is 26.4 Å². The summed E-state index contributed by atoms with van der Waals surface area (Å²) in [6.45, 7) is -0.542. The predicted octanol–water partition coefficient (Wildman–Crippen LogP) is 1.67. The molecule has 0 saturated heterocycles. The zero-order valence-corrected chi connectivity index (χ0v) is 11.5. The first-order valence-corrected chi connectivity index (χ1v) is 7.73. The summed E-state index contributed by atoms with van der Waals surface area (Å²) in [5.74, 6) is -1.39. The fourth-order valence-electron chi connectivity index (χ4n) is 1.76. The lowest BCUT2D eigenvalue weighted by Crippen LogP contribution is -2.32. The van der Waals surface area contributed by atoms with Crippen LogP contribution in [0.15, 0.2) is 23.1 Å². The average molecular weight is 326 g/mol. The van der Waals surface area contributed by atoms with Crippen molar-refractivity contribution in [1.82, 2.24) is 4.31 Å². The number of halogens is 3. The summed E-state index contributed by atoms with van der Waals surface area (Å²) < 4.78 is 60.6. The Labute approximate surface area is 117 Å². The molecule has 0 radical (unpaired) electrons. The second-order valence-corrected chi connectivity index (χ2v) is 6.92. The molecule has 0 bridgehead atoms. The molecule has 0 fully saturated rings. The van der Waals surface area contributed by atoms with Crippen molar-refractivity contribution in [2.45, 2.75) is 10.4 Å². The number of carbonyl (C=O) groups is 1. The number of anilines is 1. The van der Waals surface area contributed by atoms with Gasteiger partial charge in [0.15, 0.2) is 0 Å². The number of nitrogens with two attached hydrogens (primary N) is 1. The second kappa shape index (κ2) is 4.85. The van der Waals surface area contributed by atoms with Gasteiger partial charge in [0.1, 0.15) is 4.90 Å². The molecule has 20 heavy (non-hydrogen) atoms. The summed E-state index contributed by atoms with van der Waals surface area (Å²) in [5.41, 5.74) is 1.07. The van der Waals surface area contributed by atoms with Gasteiger partial charge in [0.2, 0.25) is 0 Å². The monoisotopic (exact) mass is 326 g/mol. The van der Waals surface area contributed by atoms with Gasteiger partial charge in [-0.1, -0.05) is 0 Å². The first kappa shape index (κ1) is 15.0. The number of hydrogen-bond acceptors (Lipinski definition) is 5. The first-order valence-electron chi connectivity index (χ1n) is 5.30. The van der Waals surface area contributed by atoms with Crippen LogP contribution in [0.1, 0.15) is 10.4 Å². The van der Waals surface area contributed by atoms with Crippen LogP contribution in [0.4, 0.5) is 18.9 Å². The summed E-state index contributed by atoms with van der Waals surface area (Å²) in [6, 6.07) is 3.74. The molecule has 1 heterocycles. The zero-order chi connectivity index (χ0) is 15.1. The van der Waals surface area contributed by atoms with Crippen LogP contribution in [-0.2, 0) is 10.0 Å². The molecule has 0 aromatic heterocycles. The van der Waals surface area contributed by atoms with E-state index in [1.807, 2.05) is 0 Å². The van der Waals surface area contributed by atoms with Crippen molar-refractivity contribution >= 4 is 33.4 Å². The van der Waals surface area contributed by atoms with E-state index in [1.165, 1.54) is 12.1 Å². The number of carbonyl (C=O) groups excluding carboxylic acids is 1. The van der Waals surface area contributed by atoms with Gasteiger partial charge in [-0.2, -0.15) is 13.2 Å². The number of benzene rings is 1. The molecule has 2 rings (SSSR count). The molecule has 1 aromatic carbocycles. The molecule has 0 spiro atoms. The highest BCUT2D eigenvalue weighted by Gasteiger charge is 2.41. The van der Waals surface area contributed by atoms with Gasteiger partial charge in [-0.25, -0.2) is 12.7 Å². The van der Waals surface area contributed by atoms with Crippen molar-refractivity contribution in [2.24, 2.45) is 0 Å². The van der Waals surface area contributed by atoms with Gasteiger partial charge in [0, 0.05) is 18.0 Å². The number of fused-ring (bicyclic) bond motifs is 1. The third-order valence-electron chi connectivity index (χ3n) is 2.59. The smallest absolute Gasteiger partial charge is 0.399 e. The molecule has 0 aliphatic carbocycles. The van der Waals surface area contributed by atoms with Gasteiger partial charge in [0.25, 0.3) is 15.9 Å². The minimum Gasteiger partial charge on any atom is -0.399 e. The molecule has 1 amide bonds. The lowest BCUT2D eigenvalue weighted by molar-refractivity contribution is -0.0328. The normalized spacial score (nSPS) is 17.4. The standard InChI is InChI=1S/C10H9F3N2O3S2/c11-10(12,13)19-4-3-15-9(16)7-2-1-6(14)5-8(7)20(15,17)18/h1-2,5H,3-4,14H2. The molecule has 0 unspecified atom stereocenters. The van der Waals surface area contributed by atoms with Crippen LogP contribution in [0.5, 0.6) is 0 Å². The van der Waals surface area contributed by atoms with Gasteiger partial charge in [-0.3, -0.25) is 4.79 Å². The molecular weight excluding hydrogens is 317 g/mol. The largest absolute Gasteiger partial charge is 0.441 e. The van der Waals surface area contributed by atoms with Crippen LogP contribution in [0, 0.1) is 0 Å². The van der Waals surface area contributed by atoms with Crippen molar-refractivity contribution in [2.75, 3.05) is 18.0 Å². The van der Waals surface area contributed by atoms with E-state index < -0.39 is 33.7 Å². The quantitative estimate of drug-likeness (QED) is 0.855. The van der Waals surface area contributed by atoms with E-state index in [9.17, 15) is 26.4 Å². The maximum absolute atomic E-state index is 12.1. The fraction of sp³-hybridized carbons (Fsp3) is 0.300. The van der Waals surface area contributed by atoms with Gasteiger partial charge in [0.05, 0.1) is 5.56 Å². The number of amides is 1. The molecule has 2 N–H and O–H groups in total. The molecular formula is C10H9F3N2O3S2. The SMILES string of the molecule is Nc1ccc2c(c1)S(=O)(=O)N(CCSC(F)(F)F)C2=O. The lowest BCUT2D eigenvalue weighted by Gasteiger charge is -2.15. The Kier molecular flexibility index (Phi) is 3.63. The van der Waals surface area contributed by atoms with Crippen LogP contribution in [-0.4, -0.2) is 36.4 Å². The number of sulfonamides is 1. The van der Waals surface area contributed by atoms with E-state index in [2.05, 4.69) is 0 Å². The second-order valence-electron chi connectivity index (χ2n) is 3.93. The van der Waals surface area contributed by atoms with E-state index in [0.29, 0.717) is 4.31 Å². The maximum Gasteiger partial charge on any atom is 0.441 e. The zero-order valence-electron chi connectivity index (χ0n) is 9.85. The summed E-state index contributed by atoms with van der Waals surface area (Å²) >= 11 is -0.378. The molecule has 5 nitrogen and oxygen atoms in total. The number of nitrogens with zero attached hydrogens (tertiary/aromatic N) is 1. The van der Waals surface area contributed by atoms with E-state index in [1.54, 1.807) is 0 Å². The Morgan fingerprint density at radius 1 is 1.30 bits per heavy atom.